The summed E-state index contributed by atoms with van der Waals surface area (Å²) in [5, 5.41) is 0. The van der Waals surface area contributed by atoms with Gasteiger partial charge in [0.25, 0.3) is 5.91 Å². The molecule has 0 aliphatic heterocycles. The third kappa shape index (κ3) is 2.84. The molecule has 23 heavy (non-hydrogen) atoms. The van der Waals surface area contributed by atoms with Gasteiger partial charge in [0.15, 0.2) is 0 Å². The number of carbonyl (C=O) groups is 1. The third-order valence-electron chi connectivity index (χ3n) is 4.06. The minimum atomic E-state index is 0.00352. The lowest BCUT2D eigenvalue weighted by molar-refractivity contribution is 0.0777. The van der Waals surface area contributed by atoms with Crippen molar-refractivity contribution in [3.05, 3.63) is 71.2 Å². The predicted molar refractivity (Wildman–Crippen MR) is 91.5 cm³/mol. The van der Waals surface area contributed by atoms with Crippen LogP contribution >= 0.6 is 0 Å². The Balaban J connectivity index is 1.98. The Morgan fingerprint density at radius 3 is 2.61 bits per heavy atom. The molecule has 0 bridgehead atoms. The van der Waals surface area contributed by atoms with E-state index in [2.05, 4.69) is 4.98 Å². The molecule has 118 valence electrons. The van der Waals surface area contributed by atoms with Crippen molar-refractivity contribution >= 4 is 11.6 Å². The maximum absolute atomic E-state index is 13.0. The average molecular weight is 307 g/mol. The first kappa shape index (κ1) is 15.3. The zero-order chi connectivity index (χ0) is 16.4. The zero-order valence-electron chi connectivity index (χ0n) is 13.8. The number of carbonyl (C=O) groups excluding carboxylic acids is 1. The van der Waals surface area contributed by atoms with Crippen LogP contribution in [0.2, 0.25) is 0 Å². The number of fused-ring (bicyclic) bond motifs is 1. The molecule has 0 unspecified atom stereocenters. The van der Waals surface area contributed by atoms with E-state index in [1.54, 1.807) is 4.90 Å². The van der Waals surface area contributed by atoms with Gasteiger partial charge in [0.2, 0.25) is 0 Å². The fourth-order valence-corrected chi connectivity index (χ4v) is 2.83. The van der Waals surface area contributed by atoms with E-state index in [9.17, 15) is 4.79 Å². The Bertz CT molecular complexity index is 836. The van der Waals surface area contributed by atoms with Crippen LogP contribution in [0.3, 0.4) is 0 Å². The molecule has 0 fully saturated rings. The Morgan fingerprint density at radius 2 is 1.91 bits per heavy atom. The quantitative estimate of drug-likeness (QED) is 0.740. The van der Waals surface area contributed by atoms with Crippen LogP contribution in [0.4, 0.5) is 0 Å². The van der Waals surface area contributed by atoms with Crippen LogP contribution in [-0.4, -0.2) is 27.2 Å². The van der Waals surface area contributed by atoms with Gasteiger partial charge in [-0.3, -0.25) is 9.20 Å². The van der Waals surface area contributed by atoms with Gasteiger partial charge in [-0.25, -0.2) is 4.98 Å². The zero-order valence-corrected chi connectivity index (χ0v) is 13.8. The summed E-state index contributed by atoms with van der Waals surface area (Å²) in [6.07, 6.45) is 2.65. The summed E-state index contributed by atoms with van der Waals surface area (Å²) in [5.41, 5.74) is 4.58. The fraction of sp³-hybridized carbons (Fsp3) is 0.263. The van der Waals surface area contributed by atoms with Gasteiger partial charge in [-0.15, -0.1) is 0 Å². The number of aromatic nitrogens is 2. The lowest BCUT2D eigenvalue weighted by Crippen LogP contribution is -2.28. The van der Waals surface area contributed by atoms with Gasteiger partial charge in [0.05, 0.1) is 5.69 Å². The molecule has 0 radical (unpaired) electrons. The summed E-state index contributed by atoms with van der Waals surface area (Å²) in [4.78, 5) is 19.4. The van der Waals surface area contributed by atoms with E-state index >= 15 is 0 Å². The second-order valence-electron chi connectivity index (χ2n) is 5.79. The molecule has 2 heterocycles. The summed E-state index contributed by atoms with van der Waals surface area (Å²) >= 11 is 0. The Morgan fingerprint density at radius 1 is 1.17 bits per heavy atom. The Labute approximate surface area is 136 Å². The first-order chi connectivity index (χ1) is 11.1. The van der Waals surface area contributed by atoms with Crippen molar-refractivity contribution in [3.8, 4) is 0 Å². The number of hydrogen-bond acceptors (Lipinski definition) is 2. The van der Waals surface area contributed by atoms with Crippen LogP contribution in [0.5, 0.6) is 0 Å². The maximum atomic E-state index is 13.0. The van der Waals surface area contributed by atoms with Crippen molar-refractivity contribution in [1.29, 1.82) is 0 Å². The second kappa shape index (κ2) is 6.24. The van der Waals surface area contributed by atoms with E-state index in [-0.39, 0.29) is 5.91 Å². The van der Waals surface area contributed by atoms with Crippen molar-refractivity contribution in [2.45, 2.75) is 26.8 Å². The molecule has 2 aromatic heterocycles. The lowest BCUT2D eigenvalue weighted by Gasteiger charge is -2.18. The highest BCUT2D eigenvalue weighted by Gasteiger charge is 2.22. The molecule has 0 atom stereocenters. The van der Waals surface area contributed by atoms with Crippen molar-refractivity contribution in [2.24, 2.45) is 0 Å². The van der Waals surface area contributed by atoms with Crippen LogP contribution in [0.1, 0.15) is 34.2 Å². The standard InChI is InChI=1S/C19H21N3O/c1-4-16-17(22-12-8-9-14(2)18(22)20-16)19(23)21(3)13-15-10-6-5-7-11-15/h5-12H,4,13H2,1-3H3. The van der Waals surface area contributed by atoms with Gasteiger partial charge in [-0.1, -0.05) is 43.3 Å². The summed E-state index contributed by atoms with van der Waals surface area (Å²) in [5.74, 6) is 0.00352. The molecule has 3 aromatic rings. The number of rotatable bonds is 4. The first-order valence-corrected chi connectivity index (χ1v) is 7.87. The molecule has 0 aliphatic carbocycles. The monoisotopic (exact) mass is 307 g/mol. The predicted octanol–water partition coefficient (Wildman–Crippen LogP) is 3.48. The molecule has 0 aliphatic rings. The number of nitrogens with zero attached hydrogens (tertiary/aromatic N) is 3. The molecular formula is C19H21N3O. The SMILES string of the molecule is CCc1nc2c(C)cccn2c1C(=O)N(C)Cc1ccccc1. The van der Waals surface area contributed by atoms with E-state index in [0.29, 0.717) is 12.2 Å². The maximum Gasteiger partial charge on any atom is 0.272 e. The van der Waals surface area contributed by atoms with Crippen molar-refractivity contribution < 1.29 is 4.79 Å². The van der Waals surface area contributed by atoms with Crippen LogP contribution < -0.4 is 0 Å². The normalized spacial score (nSPS) is 10.9. The number of benzene rings is 1. The van der Waals surface area contributed by atoms with E-state index in [1.165, 1.54) is 0 Å². The number of aryl methyl sites for hydroxylation is 2. The fourth-order valence-electron chi connectivity index (χ4n) is 2.83. The number of pyridine rings is 1. The van der Waals surface area contributed by atoms with Gasteiger partial charge < -0.3 is 4.90 Å². The van der Waals surface area contributed by atoms with Crippen LogP contribution in [0, 0.1) is 6.92 Å². The second-order valence-corrected chi connectivity index (χ2v) is 5.79. The summed E-state index contributed by atoms with van der Waals surface area (Å²) in [6.45, 7) is 4.64. The highest BCUT2D eigenvalue weighted by molar-refractivity contribution is 5.94. The van der Waals surface area contributed by atoms with E-state index in [1.807, 2.05) is 74.0 Å². The van der Waals surface area contributed by atoms with Crippen molar-refractivity contribution in [3.63, 3.8) is 0 Å². The molecule has 0 N–H and O–H groups in total. The number of amides is 1. The van der Waals surface area contributed by atoms with E-state index < -0.39 is 0 Å². The summed E-state index contributed by atoms with van der Waals surface area (Å²) in [6, 6.07) is 14.0. The molecule has 0 saturated heterocycles. The number of hydrogen-bond donors (Lipinski definition) is 0. The Hall–Kier alpha value is -2.62. The smallest absolute Gasteiger partial charge is 0.272 e. The van der Waals surface area contributed by atoms with Gasteiger partial charge in [0, 0.05) is 19.8 Å². The van der Waals surface area contributed by atoms with Gasteiger partial charge in [-0.2, -0.15) is 0 Å². The van der Waals surface area contributed by atoms with Gasteiger partial charge in [-0.05, 0) is 30.5 Å². The minimum Gasteiger partial charge on any atom is -0.336 e. The van der Waals surface area contributed by atoms with Gasteiger partial charge in [0.1, 0.15) is 11.3 Å². The Kier molecular flexibility index (Phi) is 4.15. The molecular weight excluding hydrogens is 286 g/mol. The lowest BCUT2D eigenvalue weighted by atomic mass is 10.2. The molecule has 3 rings (SSSR count). The van der Waals surface area contributed by atoms with E-state index in [4.69, 9.17) is 0 Å². The molecule has 0 spiro atoms. The largest absolute Gasteiger partial charge is 0.336 e. The van der Waals surface area contributed by atoms with E-state index in [0.717, 1.165) is 28.9 Å². The average Bonchev–Trinajstić information content (AvgIpc) is 2.95. The highest BCUT2D eigenvalue weighted by atomic mass is 16.2. The number of imidazole rings is 1. The molecule has 4 heteroatoms. The van der Waals surface area contributed by atoms with Crippen LogP contribution in [0.15, 0.2) is 48.7 Å². The summed E-state index contributed by atoms with van der Waals surface area (Å²) in [7, 11) is 1.84. The van der Waals surface area contributed by atoms with Crippen LogP contribution in [-0.2, 0) is 13.0 Å². The summed E-state index contributed by atoms with van der Waals surface area (Å²) < 4.78 is 1.91. The van der Waals surface area contributed by atoms with Gasteiger partial charge >= 0.3 is 0 Å². The highest BCUT2D eigenvalue weighted by Crippen LogP contribution is 2.18. The topological polar surface area (TPSA) is 37.6 Å². The van der Waals surface area contributed by atoms with Crippen LogP contribution in [0.25, 0.3) is 5.65 Å². The van der Waals surface area contributed by atoms with Crippen molar-refractivity contribution in [1.82, 2.24) is 14.3 Å². The molecule has 1 amide bonds. The third-order valence-corrected chi connectivity index (χ3v) is 4.06. The van der Waals surface area contributed by atoms with Crippen molar-refractivity contribution in [2.75, 3.05) is 7.05 Å². The first-order valence-electron chi connectivity index (χ1n) is 7.87. The molecule has 1 aromatic carbocycles. The molecule has 0 saturated carbocycles. The molecule has 4 nitrogen and oxygen atoms in total. The minimum absolute atomic E-state index is 0.00352.